The predicted molar refractivity (Wildman–Crippen MR) is 106 cm³/mol. The standard InChI is InChI=1S/C18H22BrN3O5/c1-2-9-27-17(24)12-3-4-14(15(10-12)21-16(23)11-19)20-13-5-7-22(8-6-13)18(25)26/h2-4,10,13,20H,1,5-9,11H2,(H,21,23)(H,25,26). The van der Waals surface area contributed by atoms with Gasteiger partial charge in [-0.25, -0.2) is 9.59 Å². The van der Waals surface area contributed by atoms with E-state index in [1.807, 2.05) is 0 Å². The average molecular weight is 440 g/mol. The highest BCUT2D eigenvalue weighted by atomic mass is 79.9. The van der Waals surface area contributed by atoms with Crippen molar-refractivity contribution in [1.29, 1.82) is 0 Å². The van der Waals surface area contributed by atoms with Gasteiger partial charge in [0, 0.05) is 19.1 Å². The van der Waals surface area contributed by atoms with Gasteiger partial charge in [0.2, 0.25) is 5.91 Å². The summed E-state index contributed by atoms with van der Waals surface area (Å²) in [6.45, 7) is 4.49. The van der Waals surface area contributed by atoms with E-state index in [1.54, 1.807) is 18.2 Å². The number of nitrogens with one attached hydrogen (secondary N) is 2. The topological polar surface area (TPSA) is 108 Å². The molecule has 0 saturated carbocycles. The number of piperidine rings is 1. The van der Waals surface area contributed by atoms with Crippen molar-refractivity contribution in [2.75, 3.05) is 35.7 Å². The zero-order chi connectivity index (χ0) is 19.8. The Morgan fingerprint density at radius 3 is 2.59 bits per heavy atom. The number of carboxylic acid groups (broad SMARTS) is 1. The highest BCUT2D eigenvalue weighted by molar-refractivity contribution is 9.09. The molecule has 1 fully saturated rings. The van der Waals surface area contributed by atoms with Crippen LogP contribution in [0.15, 0.2) is 30.9 Å². The molecule has 0 radical (unpaired) electrons. The molecular formula is C18H22BrN3O5. The van der Waals surface area contributed by atoms with Crippen molar-refractivity contribution < 1.29 is 24.2 Å². The molecule has 0 aromatic heterocycles. The van der Waals surface area contributed by atoms with E-state index in [-0.39, 0.29) is 23.9 Å². The molecule has 0 spiro atoms. The molecule has 1 aliphatic heterocycles. The Bertz CT molecular complexity index is 717. The number of alkyl halides is 1. The van der Waals surface area contributed by atoms with Gasteiger partial charge in [-0.1, -0.05) is 28.6 Å². The van der Waals surface area contributed by atoms with Gasteiger partial charge < -0.3 is 25.4 Å². The Kier molecular flexibility index (Phi) is 7.66. The summed E-state index contributed by atoms with van der Waals surface area (Å²) in [6, 6.07) is 4.95. The Hall–Kier alpha value is -2.55. The lowest BCUT2D eigenvalue weighted by Gasteiger charge is -2.31. The van der Waals surface area contributed by atoms with E-state index in [9.17, 15) is 14.4 Å². The van der Waals surface area contributed by atoms with Crippen LogP contribution in [0.1, 0.15) is 23.2 Å². The lowest BCUT2D eigenvalue weighted by Crippen LogP contribution is -2.41. The minimum Gasteiger partial charge on any atom is -0.465 e. The molecule has 3 N–H and O–H groups in total. The maximum atomic E-state index is 12.0. The van der Waals surface area contributed by atoms with E-state index in [0.717, 1.165) is 0 Å². The van der Waals surface area contributed by atoms with E-state index < -0.39 is 12.1 Å². The number of carbonyl (C=O) groups excluding carboxylic acids is 2. The molecule has 1 saturated heterocycles. The third kappa shape index (κ3) is 5.99. The second kappa shape index (κ2) is 9.96. The van der Waals surface area contributed by atoms with E-state index in [1.165, 1.54) is 11.0 Å². The lowest BCUT2D eigenvalue weighted by molar-refractivity contribution is -0.113. The molecule has 9 heteroatoms. The summed E-state index contributed by atoms with van der Waals surface area (Å²) >= 11 is 3.10. The molecule has 1 aliphatic rings. The van der Waals surface area contributed by atoms with Crippen molar-refractivity contribution in [1.82, 2.24) is 4.90 Å². The van der Waals surface area contributed by atoms with E-state index in [0.29, 0.717) is 42.9 Å². The second-order valence-electron chi connectivity index (χ2n) is 6.02. The molecule has 2 amide bonds. The van der Waals surface area contributed by atoms with Crippen LogP contribution >= 0.6 is 15.9 Å². The number of esters is 1. The number of anilines is 2. The van der Waals surface area contributed by atoms with Crippen LogP contribution in [0.2, 0.25) is 0 Å². The number of halogens is 1. The Balaban J connectivity index is 2.14. The van der Waals surface area contributed by atoms with Crippen LogP contribution in [0.25, 0.3) is 0 Å². The number of hydrogen-bond donors (Lipinski definition) is 3. The van der Waals surface area contributed by atoms with Crippen molar-refractivity contribution in [3.05, 3.63) is 36.4 Å². The fourth-order valence-electron chi connectivity index (χ4n) is 2.74. The van der Waals surface area contributed by atoms with Crippen LogP contribution in [-0.4, -0.2) is 59.0 Å². The van der Waals surface area contributed by atoms with Gasteiger partial charge in [-0.05, 0) is 31.0 Å². The van der Waals surface area contributed by atoms with Crippen LogP contribution in [0.4, 0.5) is 16.2 Å². The number of rotatable bonds is 7. The minimum atomic E-state index is -0.916. The maximum absolute atomic E-state index is 12.0. The molecule has 1 aromatic carbocycles. The number of ether oxygens (including phenoxy) is 1. The van der Waals surface area contributed by atoms with Gasteiger partial charge in [-0.15, -0.1) is 0 Å². The van der Waals surface area contributed by atoms with E-state index in [4.69, 9.17) is 9.84 Å². The second-order valence-corrected chi connectivity index (χ2v) is 6.58. The van der Waals surface area contributed by atoms with Gasteiger partial charge in [0.1, 0.15) is 6.61 Å². The molecule has 0 bridgehead atoms. The largest absolute Gasteiger partial charge is 0.465 e. The number of nitrogens with zero attached hydrogens (tertiary/aromatic N) is 1. The molecular weight excluding hydrogens is 418 g/mol. The first-order valence-electron chi connectivity index (χ1n) is 8.47. The van der Waals surface area contributed by atoms with Crippen LogP contribution in [-0.2, 0) is 9.53 Å². The number of likely N-dealkylation sites (tertiary alicyclic amines) is 1. The summed E-state index contributed by atoms with van der Waals surface area (Å²) in [5.74, 6) is -0.763. The molecule has 2 rings (SSSR count). The molecule has 146 valence electrons. The summed E-state index contributed by atoms with van der Waals surface area (Å²) in [5, 5.41) is 15.2. The van der Waals surface area contributed by atoms with Crippen molar-refractivity contribution >= 4 is 45.3 Å². The normalized spacial score (nSPS) is 14.3. The lowest BCUT2D eigenvalue weighted by atomic mass is 10.0. The predicted octanol–water partition coefficient (Wildman–Crippen LogP) is 2.92. The number of amides is 2. The summed E-state index contributed by atoms with van der Waals surface area (Å²) in [7, 11) is 0. The molecule has 1 aromatic rings. The first-order chi connectivity index (χ1) is 12.9. The van der Waals surface area contributed by atoms with Gasteiger partial charge in [-0.2, -0.15) is 0 Å². The Labute approximate surface area is 165 Å². The van der Waals surface area contributed by atoms with Gasteiger partial charge >= 0.3 is 12.1 Å². The first-order valence-corrected chi connectivity index (χ1v) is 9.59. The molecule has 0 unspecified atom stereocenters. The van der Waals surface area contributed by atoms with Crippen molar-refractivity contribution in [2.24, 2.45) is 0 Å². The van der Waals surface area contributed by atoms with Crippen LogP contribution < -0.4 is 10.6 Å². The SMILES string of the molecule is C=CCOC(=O)c1ccc(NC2CCN(C(=O)O)CC2)c(NC(=O)CBr)c1. The van der Waals surface area contributed by atoms with Crippen molar-refractivity contribution in [3.63, 3.8) is 0 Å². The molecule has 27 heavy (non-hydrogen) atoms. The van der Waals surface area contributed by atoms with Gasteiger partial charge in [0.05, 0.1) is 22.3 Å². The molecule has 0 aliphatic carbocycles. The monoisotopic (exact) mass is 439 g/mol. The van der Waals surface area contributed by atoms with Gasteiger partial charge in [-0.3, -0.25) is 4.79 Å². The Morgan fingerprint density at radius 1 is 1.30 bits per heavy atom. The summed E-state index contributed by atoms with van der Waals surface area (Å²) in [6.07, 6.45) is 1.87. The fraction of sp³-hybridized carbons (Fsp3) is 0.389. The zero-order valence-electron chi connectivity index (χ0n) is 14.7. The highest BCUT2D eigenvalue weighted by Gasteiger charge is 2.23. The first kappa shape index (κ1) is 20.8. The van der Waals surface area contributed by atoms with Gasteiger partial charge in [0.25, 0.3) is 0 Å². The van der Waals surface area contributed by atoms with E-state index >= 15 is 0 Å². The number of benzene rings is 1. The van der Waals surface area contributed by atoms with Crippen LogP contribution in [0.3, 0.4) is 0 Å². The summed E-state index contributed by atoms with van der Waals surface area (Å²) in [4.78, 5) is 36.2. The zero-order valence-corrected chi connectivity index (χ0v) is 16.3. The molecule has 0 atom stereocenters. The third-order valence-corrected chi connectivity index (χ3v) is 4.62. The maximum Gasteiger partial charge on any atom is 0.407 e. The Morgan fingerprint density at radius 2 is 2.00 bits per heavy atom. The van der Waals surface area contributed by atoms with E-state index in [2.05, 4.69) is 33.1 Å². The van der Waals surface area contributed by atoms with Crippen LogP contribution in [0.5, 0.6) is 0 Å². The van der Waals surface area contributed by atoms with Crippen molar-refractivity contribution in [2.45, 2.75) is 18.9 Å². The summed E-state index contributed by atoms with van der Waals surface area (Å²) in [5.41, 5.74) is 1.44. The third-order valence-electron chi connectivity index (χ3n) is 4.11. The smallest absolute Gasteiger partial charge is 0.407 e. The summed E-state index contributed by atoms with van der Waals surface area (Å²) < 4.78 is 5.03. The van der Waals surface area contributed by atoms with Crippen molar-refractivity contribution in [3.8, 4) is 0 Å². The number of hydrogen-bond acceptors (Lipinski definition) is 5. The number of carbonyl (C=O) groups is 3. The molecule has 8 nitrogen and oxygen atoms in total. The quantitative estimate of drug-likeness (QED) is 0.342. The highest BCUT2D eigenvalue weighted by Crippen LogP contribution is 2.27. The minimum absolute atomic E-state index is 0.0683. The molecule has 1 heterocycles. The van der Waals surface area contributed by atoms with Crippen LogP contribution in [0, 0.1) is 0 Å². The fourth-order valence-corrected chi connectivity index (χ4v) is 2.88. The van der Waals surface area contributed by atoms with Gasteiger partial charge in [0.15, 0.2) is 0 Å². The average Bonchev–Trinajstić information content (AvgIpc) is 2.67.